The predicted octanol–water partition coefficient (Wildman–Crippen LogP) is 2.47. The van der Waals surface area contributed by atoms with Gasteiger partial charge >= 0.3 is 0 Å². The van der Waals surface area contributed by atoms with Crippen LogP contribution in [0.4, 0.5) is 0 Å². The number of nitrogens with one attached hydrogen (secondary N) is 2. The molecule has 2 N–H and O–H groups in total. The van der Waals surface area contributed by atoms with Crippen molar-refractivity contribution in [1.29, 1.82) is 0 Å². The van der Waals surface area contributed by atoms with Crippen LogP contribution in [0.15, 0.2) is 12.4 Å². The molecular formula is C12H21N3. The van der Waals surface area contributed by atoms with Crippen molar-refractivity contribution in [1.82, 2.24) is 15.3 Å². The second kappa shape index (κ2) is 5.31. The van der Waals surface area contributed by atoms with Gasteiger partial charge in [-0.15, -0.1) is 0 Å². The first kappa shape index (κ1) is 10.7. The minimum absolute atomic E-state index is 0.706. The van der Waals surface area contributed by atoms with E-state index < -0.39 is 0 Å². The number of H-pyrrole nitrogens is 1. The number of hydrogen-bond donors (Lipinski definition) is 2. The minimum Gasteiger partial charge on any atom is -0.348 e. The van der Waals surface area contributed by atoms with Crippen molar-refractivity contribution in [3.8, 4) is 0 Å². The molecule has 15 heavy (non-hydrogen) atoms. The third-order valence-corrected chi connectivity index (χ3v) is 3.54. The van der Waals surface area contributed by atoms with Crippen molar-refractivity contribution in [2.45, 2.75) is 51.6 Å². The lowest BCUT2D eigenvalue weighted by Gasteiger charge is -2.28. The molecule has 0 atom stereocenters. The van der Waals surface area contributed by atoms with Crippen LogP contribution in [-0.2, 0) is 6.54 Å². The van der Waals surface area contributed by atoms with Gasteiger partial charge in [-0.05, 0) is 31.6 Å². The molecule has 1 heterocycles. The monoisotopic (exact) mass is 207 g/mol. The van der Waals surface area contributed by atoms with E-state index >= 15 is 0 Å². The van der Waals surface area contributed by atoms with Gasteiger partial charge in [0.1, 0.15) is 5.82 Å². The lowest BCUT2D eigenvalue weighted by molar-refractivity contribution is 0.284. The van der Waals surface area contributed by atoms with E-state index in [-0.39, 0.29) is 0 Å². The smallest absolute Gasteiger partial charge is 0.120 e. The standard InChI is InChI=1S/C12H21N3/c1-2-10-3-5-11(6-4-10)15-9-12-13-7-8-14-12/h7-8,10-11,15H,2-6,9H2,1H3,(H,13,14). The van der Waals surface area contributed by atoms with Gasteiger partial charge in [-0.3, -0.25) is 0 Å². The fourth-order valence-electron chi connectivity index (χ4n) is 2.41. The average Bonchev–Trinajstić information content (AvgIpc) is 2.80. The van der Waals surface area contributed by atoms with Gasteiger partial charge in [-0.2, -0.15) is 0 Å². The van der Waals surface area contributed by atoms with E-state index in [1.54, 1.807) is 0 Å². The fourth-order valence-corrected chi connectivity index (χ4v) is 2.41. The van der Waals surface area contributed by atoms with Crippen molar-refractivity contribution < 1.29 is 0 Å². The molecule has 0 saturated heterocycles. The van der Waals surface area contributed by atoms with Gasteiger partial charge in [-0.25, -0.2) is 4.98 Å². The van der Waals surface area contributed by atoms with Crippen molar-refractivity contribution in [3.05, 3.63) is 18.2 Å². The Kier molecular flexibility index (Phi) is 3.78. The minimum atomic E-state index is 0.706. The molecular weight excluding hydrogens is 186 g/mol. The molecule has 0 amide bonds. The maximum absolute atomic E-state index is 4.21. The highest BCUT2D eigenvalue weighted by atomic mass is 15.0. The molecule has 1 aliphatic rings. The number of hydrogen-bond acceptors (Lipinski definition) is 2. The molecule has 1 aromatic heterocycles. The first-order valence-electron chi connectivity index (χ1n) is 6.10. The molecule has 1 aliphatic carbocycles. The second-order valence-corrected chi connectivity index (χ2v) is 4.54. The Morgan fingerprint density at radius 1 is 1.40 bits per heavy atom. The highest BCUT2D eigenvalue weighted by molar-refractivity contribution is 4.87. The molecule has 1 aromatic rings. The summed E-state index contributed by atoms with van der Waals surface area (Å²) in [4.78, 5) is 7.34. The van der Waals surface area contributed by atoms with Gasteiger partial charge in [0.25, 0.3) is 0 Å². The van der Waals surface area contributed by atoms with Gasteiger partial charge in [0.15, 0.2) is 0 Å². The summed E-state index contributed by atoms with van der Waals surface area (Å²) in [5.41, 5.74) is 0. The lowest BCUT2D eigenvalue weighted by Crippen LogP contribution is -2.32. The van der Waals surface area contributed by atoms with E-state index in [0.717, 1.165) is 18.3 Å². The SMILES string of the molecule is CCC1CCC(NCc2ncc[nH]2)CC1. The van der Waals surface area contributed by atoms with E-state index in [1.165, 1.54) is 32.1 Å². The van der Waals surface area contributed by atoms with E-state index in [1.807, 2.05) is 12.4 Å². The molecule has 0 radical (unpaired) electrons. The quantitative estimate of drug-likeness (QED) is 0.796. The van der Waals surface area contributed by atoms with Crippen molar-refractivity contribution in [2.75, 3.05) is 0 Å². The molecule has 1 fully saturated rings. The highest BCUT2D eigenvalue weighted by Gasteiger charge is 2.19. The molecule has 2 rings (SSSR count). The number of nitrogens with zero attached hydrogens (tertiary/aromatic N) is 1. The van der Waals surface area contributed by atoms with E-state index in [0.29, 0.717) is 6.04 Å². The molecule has 0 aliphatic heterocycles. The second-order valence-electron chi connectivity index (χ2n) is 4.54. The maximum atomic E-state index is 4.21. The Hall–Kier alpha value is -0.830. The van der Waals surface area contributed by atoms with Gasteiger partial charge in [0.2, 0.25) is 0 Å². The molecule has 1 saturated carbocycles. The first-order valence-corrected chi connectivity index (χ1v) is 6.10. The summed E-state index contributed by atoms with van der Waals surface area (Å²) in [5, 5.41) is 3.57. The van der Waals surface area contributed by atoms with E-state index in [4.69, 9.17) is 0 Å². The predicted molar refractivity (Wildman–Crippen MR) is 61.5 cm³/mol. The zero-order valence-electron chi connectivity index (χ0n) is 9.50. The van der Waals surface area contributed by atoms with Crippen LogP contribution in [0.25, 0.3) is 0 Å². The number of aromatic amines is 1. The summed E-state index contributed by atoms with van der Waals surface area (Å²) in [7, 11) is 0. The van der Waals surface area contributed by atoms with Crippen molar-refractivity contribution in [2.24, 2.45) is 5.92 Å². The van der Waals surface area contributed by atoms with E-state index in [9.17, 15) is 0 Å². The van der Waals surface area contributed by atoms with Crippen LogP contribution in [0.5, 0.6) is 0 Å². The molecule has 3 nitrogen and oxygen atoms in total. The lowest BCUT2D eigenvalue weighted by atomic mass is 9.84. The molecule has 0 bridgehead atoms. The molecule has 0 spiro atoms. The number of imidazole rings is 1. The molecule has 3 heteroatoms. The van der Waals surface area contributed by atoms with Gasteiger partial charge in [0, 0.05) is 18.4 Å². The Bertz CT molecular complexity index is 260. The molecule has 84 valence electrons. The Labute approximate surface area is 91.7 Å². The largest absolute Gasteiger partial charge is 0.348 e. The van der Waals surface area contributed by atoms with E-state index in [2.05, 4.69) is 22.2 Å². The van der Waals surface area contributed by atoms with Crippen molar-refractivity contribution >= 4 is 0 Å². The zero-order valence-corrected chi connectivity index (χ0v) is 9.50. The average molecular weight is 207 g/mol. The summed E-state index contributed by atoms with van der Waals surface area (Å²) in [5.74, 6) is 2.03. The maximum Gasteiger partial charge on any atom is 0.120 e. The van der Waals surface area contributed by atoms with Crippen molar-refractivity contribution in [3.63, 3.8) is 0 Å². The summed E-state index contributed by atoms with van der Waals surface area (Å²) in [6.07, 6.45) is 10.5. The topological polar surface area (TPSA) is 40.7 Å². The molecule has 0 unspecified atom stereocenters. The van der Waals surface area contributed by atoms with Crippen LogP contribution >= 0.6 is 0 Å². The first-order chi connectivity index (χ1) is 7.38. The van der Waals surface area contributed by atoms with Gasteiger partial charge in [-0.1, -0.05) is 13.3 Å². The van der Waals surface area contributed by atoms with Gasteiger partial charge in [0.05, 0.1) is 6.54 Å². The normalized spacial score (nSPS) is 26.7. The number of rotatable bonds is 4. The molecule has 0 aromatic carbocycles. The van der Waals surface area contributed by atoms with Crippen LogP contribution < -0.4 is 5.32 Å². The summed E-state index contributed by atoms with van der Waals surface area (Å²) >= 11 is 0. The Morgan fingerprint density at radius 2 is 2.20 bits per heavy atom. The zero-order chi connectivity index (χ0) is 10.5. The Balaban J connectivity index is 1.69. The summed E-state index contributed by atoms with van der Waals surface area (Å²) < 4.78 is 0. The summed E-state index contributed by atoms with van der Waals surface area (Å²) in [6.45, 7) is 3.19. The van der Waals surface area contributed by atoms with Crippen LogP contribution in [0.1, 0.15) is 44.9 Å². The van der Waals surface area contributed by atoms with Crippen LogP contribution in [0, 0.1) is 5.92 Å². The number of aromatic nitrogens is 2. The van der Waals surface area contributed by atoms with Crippen LogP contribution in [-0.4, -0.2) is 16.0 Å². The van der Waals surface area contributed by atoms with Gasteiger partial charge < -0.3 is 10.3 Å². The Morgan fingerprint density at radius 3 is 2.80 bits per heavy atom. The third-order valence-electron chi connectivity index (χ3n) is 3.54. The summed E-state index contributed by atoms with van der Waals surface area (Å²) in [6, 6.07) is 0.706. The third kappa shape index (κ3) is 3.06. The highest BCUT2D eigenvalue weighted by Crippen LogP contribution is 2.26. The van der Waals surface area contributed by atoms with Crippen LogP contribution in [0.3, 0.4) is 0 Å². The van der Waals surface area contributed by atoms with Crippen LogP contribution in [0.2, 0.25) is 0 Å². The fraction of sp³-hybridized carbons (Fsp3) is 0.750.